The molecule has 120 valence electrons. The van der Waals surface area contributed by atoms with Gasteiger partial charge in [0.15, 0.2) is 0 Å². The molecule has 0 atom stereocenters. The molecule has 0 aliphatic carbocycles. The van der Waals surface area contributed by atoms with E-state index in [4.69, 9.17) is 32.7 Å². The summed E-state index contributed by atoms with van der Waals surface area (Å²) in [5.74, 6) is 0.288. The second-order valence-electron chi connectivity index (χ2n) is 4.57. The number of rotatable bonds is 6. The number of benzene rings is 2. The van der Waals surface area contributed by atoms with E-state index >= 15 is 0 Å². The van der Waals surface area contributed by atoms with Crippen LogP contribution in [0, 0.1) is 3.57 Å². The average Bonchev–Trinajstić information content (AvgIpc) is 2.54. The fraction of sp³-hybridized carbons (Fsp3) is 0.118. The van der Waals surface area contributed by atoms with Gasteiger partial charge in [-0.05, 0) is 58.5 Å². The van der Waals surface area contributed by atoms with E-state index in [1.165, 1.54) is 6.08 Å². The summed E-state index contributed by atoms with van der Waals surface area (Å²) in [6.07, 6.45) is 1.53. The van der Waals surface area contributed by atoms with Crippen LogP contribution < -0.4 is 4.74 Å². The van der Waals surface area contributed by atoms with Gasteiger partial charge in [-0.3, -0.25) is 0 Å². The zero-order valence-corrected chi connectivity index (χ0v) is 15.7. The van der Waals surface area contributed by atoms with Gasteiger partial charge in [-0.25, -0.2) is 4.79 Å². The van der Waals surface area contributed by atoms with Crippen LogP contribution in [0.5, 0.6) is 5.75 Å². The van der Waals surface area contributed by atoms with Gasteiger partial charge in [0.05, 0.1) is 19.2 Å². The van der Waals surface area contributed by atoms with Crippen molar-refractivity contribution in [2.75, 3.05) is 6.61 Å². The maximum Gasteiger partial charge on any atom is 0.338 e. The Bertz CT molecular complexity index is 732. The second kappa shape index (κ2) is 8.57. The highest BCUT2D eigenvalue weighted by atomic mass is 127. The molecule has 2 rings (SSSR count). The molecule has 2 aromatic carbocycles. The number of esters is 1. The van der Waals surface area contributed by atoms with Crippen LogP contribution in [0.2, 0.25) is 10.0 Å². The molecule has 0 unspecified atom stereocenters. The molecule has 0 saturated carbocycles. The van der Waals surface area contributed by atoms with E-state index in [0.717, 1.165) is 9.13 Å². The molecule has 0 spiro atoms. The fourth-order valence-corrected chi connectivity index (χ4v) is 2.74. The lowest BCUT2D eigenvalue weighted by molar-refractivity contribution is 0.0549. The third-order valence-corrected chi connectivity index (χ3v) is 4.46. The number of carbonyl (C=O) groups is 1. The van der Waals surface area contributed by atoms with E-state index in [1.54, 1.807) is 30.3 Å². The van der Waals surface area contributed by atoms with Gasteiger partial charge >= 0.3 is 5.97 Å². The van der Waals surface area contributed by atoms with Crippen LogP contribution in [0.3, 0.4) is 0 Å². The van der Waals surface area contributed by atoms with Gasteiger partial charge in [-0.1, -0.05) is 41.9 Å². The van der Waals surface area contributed by atoms with Crippen molar-refractivity contribution >= 4 is 51.8 Å². The van der Waals surface area contributed by atoms with Crippen LogP contribution in [0.15, 0.2) is 49.1 Å². The van der Waals surface area contributed by atoms with Gasteiger partial charge in [0.2, 0.25) is 0 Å². The Balaban J connectivity index is 2.04. The van der Waals surface area contributed by atoms with Crippen LogP contribution in [0.25, 0.3) is 0 Å². The van der Waals surface area contributed by atoms with Gasteiger partial charge in [0, 0.05) is 0 Å². The highest BCUT2D eigenvalue weighted by Crippen LogP contribution is 2.26. The number of hydrogen-bond donors (Lipinski definition) is 0. The standard InChI is InChI=1S/C17H13Cl2IO3/c1-2-7-22-17(21)12-4-6-16(15(20)9-12)23-10-11-3-5-13(18)14(19)8-11/h2-6,8-9H,1,7,10H2. The number of hydrogen-bond acceptors (Lipinski definition) is 3. The fourth-order valence-electron chi connectivity index (χ4n) is 1.75. The molecular formula is C17H13Cl2IO3. The first-order valence-electron chi connectivity index (χ1n) is 6.65. The topological polar surface area (TPSA) is 35.5 Å². The molecule has 0 fully saturated rings. The van der Waals surface area contributed by atoms with Crippen molar-refractivity contribution in [3.05, 3.63) is 73.8 Å². The Morgan fingerprint density at radius 2 is 1.96 bits per heavy atom. The molecule has 0 amide bonds. The predicted molar refractivity (Wildman–Crippen MR) is 100 cm³/mol. The van der Waals surface area contributed by atoms with E-state index in [0.29, 0.717) is 28.0 Å². The quantitative estimate of drug-likeness (QED) is 0.322. The van der Waals surface area contributed by atoms with Crippen LogP contribution >= 0.6 is 45.8 Å². The monoisotopic (exact) mass is 462 g/mol. The minimum atomic E-state index is -0.390. The molecular weight excluding hydrogens is 450 g/mol. The highest BCUT2D eigenvalue weighted by molar-refractivity contribution is 14.1. The molecule has 0 saturated heterocycles. The van der Waals surface area contributed by atoms with E-state index in [1.807, 2.05) is 6.07 Å². The number of halogens is 3. The Labute approximate surface area is 158 Å². The van der Waals surface area contributed by atoms with Crippen molar-refractivity contribution in [1.29, 1.82) is 0 Å². The first-order chi connectivity index (χ1) is 11.0. The summed E-state index contributed by atoms with van der Waals surface area (Å²) in [6.45, 7) is 4.05. The number of ether oxygens (including phenoxy) is 2. The second-order valence-corrected chi connectivity index (χ2v) is 6.55. The van der Waals surface area contributed by atoms with Gasteiger partial charge < -0.3 is 9.47 Å². The van der Waals surface area contributed by atoms with Gasteiger partial charge in [0.25, 0.3) is 0 Å². The maximum absolute atomic E-state index is 11.8. The van der Waals surface area contributed by atoms with Crippen LogP contribution in [-0.2, 0) is 11.3 Å². The van der Waals surface area contributed by atoms with E-state index < -0.39 is 0 Å². The van der Waals surface area contributed by atoms with Crippen molar-refractivity contribution in [2.24, 2.45) is 0 Å². The van der Waals surface area contributed by atoms with Crippen molar-refractivity contribution in [1.82, 2.24) is 0 Å². The third-order valence-electron chi connectivity index (χ3n) is 2.88. The summed E-state index contributed by atoms with van der Waals surface area (Å²) in [4.78, 5) is 11.8. The lowest BCUT2D eigenvalue weighted by Crippen LogP contribution is -2.06. The molecule has 0 aliphatic rings. The Kier molecular flexibility index (Phi) is 6.74. The maximum atomic E-state index is 11.8. The molecule has 0 N–H and O–H groups in total. The molecule has 0 aromatic heterocycles. The molecule has 0 bridgehead atoms. The minimum Gasteiger partial charge on any atom is -0.488 e. The normalized spacial score (nSPS) is 10.2. The Morgan fingerprint density at radius 3 is 2.61 bits per heavy atom. The molecule has 2 aromatic rings. The van der Waals surface area contributed by atoms with E-state index in [2.05, 4.69) is 29.2 Å². The summed E-state index contributed by atoms with van der Waals surface area (Å²) in [7, 11) is 0. The van der Waals surface area contributed by atoms with Gasteiger partial charge in [0.1, 0.15) is 19.0 Å². The molecule has 0 heterocycles. The molecule has 0 radical (unpaired) electrons. The van der Waals surface area contributed by atoms with Crippen LogP contribution in [-0.4, -0.2) is 12.6 Å². The lowest BCUT2D eigenvalue weighted by Gasteiger charge is -2.10. The van der Waals surface area contributed by atoms with Crippen LogP contribution in [0.1, 0.15) is 15.9 Å². The summed E-state index contributed by atoms with van der Waals surface area (Å²) < 4.78 is 11.6. The average molecular weight is 463 g/mol. The largest absolute Gasteiger partial charge is 0.488 e. The Morgan fingerprint density at radius 1 is 1.17 bits per heavy atom. The zero-order chi connectivity index (χ0) is 16.8. The minimum absolute atomic E-state index is 0.186. The summed E-state index contributed by atoms with van der Waals surface area (Å²) >= 11 is 14.0. The van der Waals surface area contributed by atoms with E-state index in [-0.39, 0.29) is 12.6 Å². The summed E-state index contributed by atoms with van der Waals surface area (Å²) in [5, 5.41) is 0.996. The smallest absolute Gasteiger partial charge is 0.338 e. The van der Waals surface area contributed by atoms with Crippen molar-refractivity contribution in [3.63, 3.8) is 0 Å². The van der Waals surface area contributed by atoms with Gasteiger partial charge in [-0.2, -0.15) is 0 Å². The van der Waals surface area contributed by atoms with Crippen molar-refractivity contribution in [3.8, 4) is 5.75 Å². The lowest BCUT2D eigenvalue weighted by atomic mass is 10.2. The van der Waals surface area contributed by atoms with Crippen molar-refractivity contribution in [2.45, 2.75) is 6.61 Å². The van der Waals surface area contributed by atoms with Gasteiger partial charge in [-0.15, -0.1) is 0 Å². The third kappa shape index (κ3) is 5.12. The Hall–Kier alpha value is -1.24. The first kappa shape index (κ1) is 18.1. The summed E-state index contributed by atoms with van der Waals surface area (Å²) in [6, 6.07) is 10.5. The van der Waals surface area contributed by atoms with E-state index in [9.17, 15) is 4.79 Å². The highest BCUT2D eigenvalue weighted by Gasteiger charge is 2.10. The van der Waals surface area contributed by atoms with Crippen LogP contribution in [0.4, 0.5) is 0 Å². The summed E-state index contributed by atoms with van der Waals surface area (Å²) in [5.41, 5.74) is 1.38. The predicted octanol–water partition coefficient (Wildman–Crippen LogP) is 5.52. The SMILES string of the molecule is C=CCOC(=O)c1ccc(OCc2ccc(Cl)c(Cl)c2)c(I)c1. The first-order valence-corrected chi connectivity index (χ1v) is 8.49. The zero-order valence-electron chi connectivity index (χ0n) is 12.0. The molecule has 6 heteroatoms. The number of carbonyl (C=O) groups excluding carboxylic acids is 1. The molecule has 23 heavy (non-hydrogen) atoms. The molecule has 3 nitrogen and oxygen atoms in total. The van der Waals surface area contributed by atoms with Crippen molar-refractivity contribution < 1.29 is 14.3 Å². The molecule has 0 aliphatic heterocycles.